The van der Waals surface area contributed by atoms with Crippen molar-refractivity contribution in [3.05, 3.63) is 23.8 Å². The number of fused-ring (bicyclic) bond motifs is 1. The molecule has 0 saturated heterocycles. The van der Waals surface area contributed by atoms with Crippen molar-refractivity contribution in [2.75, 3.05) is 6.54 Å². The SMILES string of the molecule is O=CN1CC=C2N=CC=C(NC3CC3)N21. The Labute approximate surface area is 87.7 Å². The van der Waals surface area contributed by atoms with E-state index in [-0.39, 0.29) is 0 Å². The number of carbonyl (C=O) groups is 1. The molecule has 78 valence electrons. The predicted molar refractivity (Wildman–Crippen MR) is 55.4 cm³/mol. The Morgan fingerprint density at radius 2 is 2.40 bits per heavy atom. The summed E-state index contributed by atoms with van der Waals surface area (Å²) in [6, 6.07) is 0.568. The molecule has 1 fully saturated rings. The summed E-state index contributed by atoms with van der Waals surface area (Å²) in [5.74, 6) is 1.77. The minimum absolute atomic E-state index is 0.568. The summed E-state index contributed by atoms with van der Waals surface area (Å²) < 4.78 is 0. The van der Waals surface area contributed by atoms with Gasteiger partial charge in [0.15, 0.2) is 5.82 Å². The fourth-order valence-electron chi connectivity index (χ4n) is 1.74. The summed E-state index contributed by atoms with van der Waals surface area (Å²) >= 11 is 0. The van der Waals surface area contributed by atoms with Gasteiger partial charge >= 0.3 is 0 Å². The fraction of sp³-hybridized carbons (Fsp3) is 0.400. The molecular weight excluding hydrogens is 192 g/mol. The second kappa shape index (κ2) is 3.12. The first-order chi connectivity index (χ1) is 7.38. The third-order valence-electron chi connectivity index (χ3n) is 2.65. The molecular formula is C10H12N4O. The molecule has 3 aliphatic rings. The van der Waals surface area contributed by atoms with Crippen LogP contribution in [0.15, 0.2) is 28.8 Å². The minimum atomic E-state index is 0.568. The summed E-state index contributed by atoms with van der Waals surface area (Å²) in [5.41, 5.74) is 0. The molecule has 0 aromatic carbocycles. The van der Waals surface area contributed by atoms with Gasteiger partial charge in [0.05, 0.1) is 6.54 Å². The van der Waals surface area contributed by atoms with Gasteiger partial charge in [-0.1, -0.05) is 0 Å². The summed E-state index contributed by atoms with van der Waals surface area (Å²) in [7, 11) is 0. The lowest BCUT2D eigenvalue weighted by Crippen LogP contribution is -2.41. The van der Waals surface area contributed by atoms with Gasteiger partial charge in [-0.05, 0) is 25.0 Å². The third kappa shape index (κ3) is 1.40. The summed E-state index contributed by atoms with van der Waals surface area (Å²) in [6.45, 7) is 0.597. The summed E-state index contributed by atoms with van der Waals surface area (Å²) in [4.78, 5) is 15.1. The molecule has 0 aromatic rings. The number of aliphatic imine (C=N–C) groups is 1. The number of nitrogens with zero attached hydrogens (tertiary/aromatic N) is 3. The van der Waals surface area contributed by atoms with Crippen molar-refractivity contribution in [1.82, 2.24) is 15.3 Å². The van der Waals surface area contributed by atoms with Crippen LogP contribution in [0.3, 0.4) is 0 Å². The van der Waals surface area contributed by atoms with Crippen LogP contribution in [0.25, 0.3) is 0 Å². The molecule has 5 nitrogen and oxygen atoms in total. The molecule has 0 radical (unpaired) electrons. The molecule has 5 heteroatoms. The van der Waals surface area contributed by atoms with Gasteiger partial charge in [0.25, 0.3) is 0 Å². The van der Waals surface area contributed by atoms with Gasteiger partial charge in [0.1, 0.15) is 5.82 Å². The predicted octanol–water partition coefficient (Wildman–Crippen LogP) is 0.195. The lowest BCUT2D eigenvalue weighted by molar-refractivity contribution is -0.126. The highest BCUT2D eigenvalue weighted by molar-refractivity contribution is 5.75. The van der Waals surface area contributed by atoms with Gasteiger partial charge in [0, 0.05) is 12.3 Å². The van der Waals surface area contributed by atoms with E-state index in [9.17, 15) is 4.79 Å². The number of hydrogen-bond acceptors (Lipinski definition) is 4. The second-order valence-electron chi connectivity index (χ2n) is 3.85. The van der Waals surface area contributed by atoms with Crippen LogP contribution >= 0.6 is 0 Å². The topological polar surface area (TPSA) is 47.9 Å². The van der Waals surface area contributed by atoms with Crippen molar-refractivity contribution in [3.63, 3.8) is 0 Å². The van der Waals surface area contributed by atoms with E-state index in [0.29, 0.717) is 12.6 Å². The van der Waals surface area contributed by atoms with Crippen molar-refractivity contribution < 1.29 is 4.79 Å². The average molecular weight is 204 g/mol. The highest BCUT2D eigenvalue weighted by Crippen LogP contribution is 2.27. The van der Waals surface area contributed by atoms with Crippen molar-refractivity contribution in [2.24, 2.45) is 4.99 Å². The van der Waals surface area contributed by atoms with E-state index in [1.807, 2.05) is 17.2 Å². The van der Waals surface area contributed by atoms with Crippen LogP contribution in [-0.4, -0.2) is 35.2 Å². The van der Waals surface area contributed by atoms with Gasteiger partial charge in [-0.2, -0.15) is 0 Å². The molecule has 0 bridgehead atoms. The standard InChI is InChI=1S/C10H12N4O/c15-7-13-6-4-9-11-5-3-10(14(9)13)12-8-1-2-8/h3-5,7-8,12H,1-2,6H2. The largest absolute Gasteiger partial charge is 0.367 e. The number of allylic oxidation sites excluding steroid dienone is 1. The number of nitrogens with one attached hydrogen (secondary N) is 1. The third-order valence-corrected chi connectivity index (χ3v) is 2.65. The first-order valence-electron chi connectivity index (χ1n) is 5.11. The number of rotatable bonds is 3. The smallest absolute Gasteiger partial charge is 0.229 e. The van der Waals surface area contributed by atoms with Gasteiger partial charge < -0.3 is 5.32 Å². The maximum absolute atomic E-state index is 10.9. The Kier molecular flexibility index (Phi) is 1.77. The molecule has 1 amide bonds. The Morgan fingerprint density at radius 1 is 1.53 bits per heavy atom. The van der Waals surface area contributed by atoms with E-state index in [0.717, 1.165) is 18.1 Å². The zero-order valence-electron chi connectivity index (χ0n) is 8.26. The Morgan fingerprint density at radius 3 is 3.13 bits per heavy atom. The highest BCUT2D eigenvalue weighted by Gasteiger charge is 2.31. The number of amides is 1. The van der Waals surface area contributed by atoms with Gasteiger partial charge in [-0.25, -0.2) is 15.0 Å². The zero-order valence-corrected chi connectivity index (χ0v) is 8.26. The maximum atomic E-state index is 10.9. The lowest BCUT2D eigenvalue weighted by atomic mass is 10.4. The van der Waals surface area contributed by atoms with Crippen LogP contribution in [-0.2, 0) is 4.79 Å². The first kappa shape index (κ1) is 8.52. The fourth-order valence-corrected chi connectivity index (χ4v) is 1.74. The monoisotopic (exact) mass is 204 g/mol. The molecule has 1 N–H and O–H groups in total. The van der Waals surface area contributed by atoms with E-state index < -0.39 is 0 Å². The Balaban J connectivity index is 1.85. The first-order valence-corrected chi connectivity index (χ1v) is 5.11. The van der Waals surface area contributed by atoms with Crippen LogP contribution in [0.4, 0.5) is 0 Å². The van der Waals surface area contributed by atoms with Crippen molar-refractivity contribution in [3.8, 4) is 0 Å². The Bertz CT molecular complexity index is 381. The van der Waals surface area contributed by atoms with Gasteiger partial charge in [-0.3, -0.25) is 4.79 Å². The minimum Gasteiger partial charge on any atom is -0.367 e. The molecule has 3 rings (SSSR count). The quantitative estimate of drug-likeness (QED) is 0.668. The van der Waals surface area contributed by atoms with Crippen molar-refractivity contribution >= 4 is 12.6 Å². The molecule has 2 aliphatic heterocycles. The van der Waals surface area contributed by atoms with Crippen molar-refractivity contribution in [1.29, 1.82) is 0 Å². The van der Waals surface area contributed by atoms with E-state index in [1.54, 1.807) is 11.2 Å². The average Bonchev–Trinajstić information content (AvgIpc) is 2.97. The summed E-state index contributed by atoms with van der Waals surface area (Å²) in [5, 5.41) is 6.81. The maximum Gasteiger partial charge on any atom is 0.229 e. The lowest BCUT2D eigenvalue weighted by Gasteiger charge is -2.31. The van der Waals surface area contributed by atoms with Crippen LogP contribution < -0.4 is 5.32 Å². The van der Waals surface area contributed by atoms with E-state index in [4.69, 9.17) is 0 Å². The van der Waals surface area contributed by atoms with E-state index in [2.05, 4.69) is 10.3 Å². The zero-order chi connectivity index (χ0) is 10.3. The Hall–Kier alpha value is -1.78. The van der Waals surface area contributed by atoms with Gasteiger partial charge in [-0.15, -0.1) is 0 Å². The molecule has 1 saturated carbocycles. The van der Waals surface area contributed by atoms with Crippen LogP contribution in [0.5, 0.6) is 0 Å². The van der Waals surface area contributed by atoms with E-state index >= 15 is 0 Å². The molecule has 0 atom stereocenters. The molecule has 0 unspecified atom stereocenters. The highest BCUT2D eigenvalue weighted by atomic mass is 16.2. The van der Waals surface area contributed by atoms with Gasteiger partial charge in [0.2, 0.25) is 6.41 Å². The van der Waals surface area contributed by atoms with E-state index in [1.165, 1.54) is 12.8 Å². The molecule has 2 heterocycles. The van der Waals surface area contributed by atoms with Crippen LogP contribution in [0.2, 0.25) is 0 Å². The normalized spacial score (nSPS) is 23.5. The second-order valence-corrected chi connectivity index (χ2v) is 3.85. The molecule has 15 heavy (non-hydrogen) atoms. The van der Waals surface area contributed by atoms with Crippen LogP contribution in [0.1, 0.15) is 12.8 Å². The summed E-state index contributed by atoms with van der Waals surface area (Å²) in [6.07, 6.45) is 8.85. The van der Waals surface area contributed by atoms with Crippen molar-refractivity contribution in [2.45, 2.75) is 18.9 Å². The number of hydrazine groups is 1. The molecule has 0 aromatic heterocycles. The molecule has 0 spiro atoms. The van der Waals surface area contributed by atoms with Crippen LogP contribution in [0, 0.1) is 0 Å². The molecule has 1 aliphatic carbocycles. The number of carbonyl (C=O) groups excluding carboxylic acids is 1. The number of hydrogen-bond donors (Lipinski definition) is 1.